The summed E-state index contributed by atoms with van der Waals surface area (Å²) in [5, 5.41) is 0. The maximum absolute atomic E-state index is 5.28. The van der Waals surface area contributed by atoms with Crippen LogP contribution in [-0.4, -0.2) is 39.1 Å². The minimum Gasteiger partial charge on any atom is -0.497 e. The zero-order valence-electron chi connectivity index (χ0n) is 16.6. The number of imidazole rings is 1. The maximum atomic E-state index is 5.28. The van der Waals surface area contributed by atoms with Crippen molar-refractivity contribution in [2.45, 2.75) is 25.7 Å². The second-order valence-corrected chi connectivity index (χ2v) is 6.72. The van der Waals surface area contributed by atoms with E-state index in [-0.39, 0.29) is 0 Å². The molecule has 29 heavy (non-hydrogen) atoms. The van der Waals surface area contributed by atoms with E-state index in [9.17, 15) is 0 Å². The third-order valence-electron chi connectivity index (χ3n) is 4.83. The van der Waals surface area contributed by atoms with Crippen LogP contribution in [0.1, 0.15) is 22.8 Å². The maximum Gasteiger partial charge on any atom is 0.157 e. The first kappa shape index (κ1) is 18.9. The third-order valence-corrected chi connectivity index (χ3v) is 4.83. The molecule has 0 radical (unpaired) electrons. The summed E-state index contributed by atoms with van der Waals surface area (Å²) in [6.07, 6.45) is 8.54. The van der Waals surface area contributed by atoms with Gasteiger partial charge in [0.1, 0.15) is 22.8 Å². The SMILES string of the molecule is COc1ccnc(CCc2nc3c(CCc4cc(OC)ccn4)ccnc3[nH]2)c1. The van der Waals surface area contributed by atoms with E-state index < -0.39 is 0 Å². The van der Waals surface area contributed by atoms with Crippen LogP contribution in [0.5, 0.6) is 11.5 Å². The Morgan fingerprint density at radius 3 is 2.03 bits per heavy atom. The van der Waals surface area contributed by atoms with E-state index in [1.807, 2.05) is 36.5 Å². The first-order chi connectivity index (χ1) is 14.2. The molecule has 0 aliphatic carbocycles. The number of ether oxygens (including phenoxy) is 2. The molecule has 0 amide bonds. The zero-order valence-corrected chi connectivity index (χ0v) is 16.6. The van der Waals surface area contributed by atoms with E-state index in [0.29, 0.717) is 0 Å². The van der Waals surface area contributed by atoms with Crippen LogP contribution < -0.4 is 9.47 Å². The van der Waals surface area contributed by atoms with E-state index in [4.69, 9.17) is 14.5 Å². The lowest BCUT2D eigenvalue weighted by molar-refractivity contribution is 0.413. The van der Waals surface area contributed by atoms with Gasteiger partial charge in [0.05, 0.1) is 14.2 Å². The van der Waals surface area contributed by atoms with Gasteiger partial charge in [-0.2, -0.15) is 0 Å². The van der Waals surface area contributed by atoms with Gasteiger partial charge in [0.25, 0.3) is 0 Å². The number of hydrogen-bond donors (Lipinski definition) is 1. The van der Waals surface area contributed by atoms with E-state index in [0.717, 1.165) is 71.1 Å². The monoisotopic (exact) mass is 389 g/mol. The molecule has 0 fully saturated rings. The van der Waals surface area contributed by atoms with Crippen molar-refractivity contribution in [1.82, 2.24) is 24.9 Å². The molecule has 148 valence electrons. The number of aromatic nitrogens is 5. The molecule has 0 saturated heterocycles. The number of methoxy groups -OCH3 is 2. The highest BCUT2D eigenvalue weighted by atomic mass is 16.5. The molecule has 0 atom stereocenters. The quantitative estimate of drug-likeness (QED) is 0.497. The van der Waals surface area contributed by atoms with Crippen molar-refractivity contribution < 1.29 is 9.47 Å². The highest BCUT2D eigenvalue weighted by Crippen LogP contribution is 2.19. The van der Waals surface area contributed by atoms with Gasteiger partial charge >= 0.3 is 0 Å². The molecule has 7 nitrogen and oxygen atoms in total. The molecule has 1 N–H and O–H groups in total. The summed E-state index contributed by atoms with van der Waals surface area (Å²) >= 11 is 0. The summed E-state index contributed by atoms with van der Waals surface area (Å²) in [5.41, 5.74) is 4.86. The van der Waals surface area contributed by atoms with Gasteiger partial charge in [0.15, 0.2) is 5.65 Å². The van der Waals surface area contributed by atoms with Gasteiger partial charge in [-0.3, -0.25) is 9.97 Å². The Balaban J connectivity index is 1.47. The van der Waals surface area contributed by atoms with Gasteiger partial charge in [-0.05, 0) is 43.0 Å². The number of rotatable bonds is 8. The second-order valence-electron chi connectivity index (χ2n) is 6.72. The van der Waals surface area contributed by atoms with Gasteiger partial charge in [0, 0.05) is 48.5 Å². The minimum atomic E-state index is 0.757. The van der Waals surface area contributed by atoms with Crippen molar-refractivity contribution in [3.63, 3.8) is 0 Å². The first-order valence-electron chi connectivity index (χ1n) is 9.55. The fraction of sp³-hybridized carbons (Fsp3) is 0.273. The molecule has 0 spiro atoms. The molecule has 0 aliphatic heterocycles. The summed E-state index contributed by atoms with van der Waals surface area (Å²) in [6.45, 7) is 0. The number of aromatic amines is 1. The number of hydrogen-bond acceptors (Lipinski definition) is 6. The molecule has 0 aromatic carbocycles. The number of nitrogens with one attached hydrogen (secondary N) is 1. The van der Waals surface area contributed by atoms with Gasteiger partial charge in [0.2, 0.25) is 0 Å². The molecule has 0 unspecified atom stereocenters. The largest absolute Gasteiger partial charge is 0.497 e. The average Bonchev–Trinajstić information content (AvgIpc) is 3.20. The Labute approximate surface area is 169 Å². The molecular weight excluding hydrogens is 366 g/mol. The smallest absolute Gasteiger partial charge is 0.157 e. The van der Waals surface area contributed by atoms with Crippen molar-refractivity contribution in [3.05, 3.63) is 71.7 Å². The van der Waals surface area contributed by atoms with Crippen LogP contribution in [0.25, 0.3) is 11.2 Å². The van der Waals surface area contributed by atoms with E-state index in [1.165, 1.54) is 0 Å². The Hall–Kier alpha value is -3.48. The predicted octanol–water partition coefficient (Wildman–Crippen LogP) is 3.34. The fourth-order valence-corrected chi connectivity index (χ4v) is 3.28. The molecule has 0 saturated carbocycles. The molecule has 4 aromatic heterocycles. The van der Waals surface area contributed by atoms with Crippen molar-refractivity contribution in [2.24, 2.45) is 0 Å². The van der Waals surface area contributed by atoms with Crippen molar-refractivity contribution in [3.8, 4) is 11.5 Å². The first-order valence-corrected chi connectivity index (χ1v) is 9.55. The lowest BCUT2D eigenvalue weighted by Crippen LogP contribution is -1.97. The fourth-order valence-electron chi connectivity index (χ4n) is 3.28. The standard InChI is InChI=1S/C22H23N5O2/c1-28-18-8-11-23-16(13-18)4-3-15-7-10-25-22-21(15)26-20(27-22)6-5-17-14-19(29-2)9-12-24-17/h7-14H,3-6H2,1-2H3,(H,25,26,27). The van der Waals surface area contributed by atoms with Crippen LogP contribution >= 0.6 is 0 Å². The predicted molar refractivity (Wildman–Crippen MR) is 110 cm³/mol. The highest BCUT2D eigenvalue weighted by molar-refractivity contribution is 5.74. The van der Waals surface area contributed by atoms with Gasteiger partial charge < -0.3 is 14.5 Å². The summed E-state index contributed by atoms with van der Waals surface area (Å²) < 4.78 is 10.5. The van der Waals surface area contributed by atoms with Crippen LogP contribution in [0.3, 0.4) is 0 Å². The van der Waals surface area contributed by atoms with Gasteiger partial charge in [-0.15, -0.1) is 0 Å². The average molecular weight is 389 g/mol. The Bertz CT molecular complexity index is 1110. The number of aryl methyl sites for hydroxylation is 4. The molecule has 4 heterocycles. The van der Waals surface area contributed by atoms with Crippen LogP contribution in [0.2, 0.25) is 0 Å². The Morgan fingerprint density at radius 1 is 0.759 bits per heavy atom. The zero-order chi connectivity index (χ0) is 20.1. The summed E-state index contributed by atoms with van der Waals surface area (Å²) in [6, 6.07) is 9.64. The lowest BCUT2D eigenvalue weighted by Gasteiger charge is -2.04. The molecular formula is C22H23N5O2. The van der Waals surface area contributed by atoms with Crippen molar-refractivity contribution >= 4 is 11.2 Å². The Kier molecular flexibility index (Phi) is 5.65. The minimum absolute atomic E-state index is 0.757. The number of fused-ring (bicyclic) bond motifs is 1. The van der Waals surface area contributed by atoms with Crippen LogP contribution in [-0.2, 0) is 25.7 Å². The molecule has 0 aliphatic rings. The Morgan fingerprint density at radius 2 is 1.38 bits per heavy atom. The van der Waals surface area contributed by atoms with Crippen LogP contribution in [0.15, 0.2) is 48.9 Å². The molecule has 7 heteroatoms. The highest BCUT2D eigenvalue weighted by Gasteiger charge is 2.10. The summed E-state index contributed by atoms with van der Waals surface area (Å²) in [4.78, 5) is 21.4. The van der Waals surface area contributed by atoms with Crippen molar-refractivity contribution in [1.29, 1.82) is 0 Å². The van der Waals surface area contributed by atoms with Crippen molar-refractivity contribution in [2.75, 3.05) is 14.2 Å². The van der Waals surface area contributed by atoms with Gasteiger partial charge in [-0.1, -0.05) is 0 Å². The molecule has 4 aromatic rings. The van der Waals surface area contributed by atoms with E-state index in [2.05, 4.69) is 19.9 Å². The van der Waals surface area contributed by atoms with E-state index in [1.54, 1.807) is 26.6 Å². The second kappa shape index (κ2) is 8.68. The topological polar surface area (TPSA) is 85.8 Å². The van der Waals surface area contributed by atoms with E-state index >= 15 is 0 Å². The lowest BCUT2D eigenvalue weighted by atomic mass is 10.1. The van der Waals surface area contributed by atoms with Crippen LogP contribution in [0, 0.1) is 0 Å². The normalized spacial score (nSPS) is 11.0. The third kappa shape index (κ3) is 4.51. The summed E-state index contributed by atoms with van der Waals surface area (Å²) in [7, 11) is 3.32. The summed E-state index contributed by atoms with van der Waals surface area (Å²) in [5.74, 6) is 2.54. The number of H-pyrrole nitrogens is 1. The number of nitrogens with zero attached hydrogens (tertiary/aromatic N) is 4. The van der Waals surface area contributed by atoms with Crippen LogP contribution in [0.4, 0.5) is 0 Å². The molecule has 0 bridgehead atoms. The number of pyridine rings is 3. The molecule has 4 rings (SSSR count). The van der Waals surface area contributed by atoms with Gasteiger partial charge in [-0.25, -0.2) is 9.97 Å².